The predicted octanol–water partition coefficient (Wildman–Crippen LogP) is 0.0764. The zero-order valence-electron chi connectivity index (χ0n) is 6.72. The first kappa shape index (κ1) is 7.93. The lowest BCUT2D eigenvalue weighted by molar-refractivity contribution is 0.890. The largest absolute Gasteiger partial charge is 0.370 e. The Morgan fingerprint density at radius 3 is 3.00 bits per heavy atom. The molecule has 0 atom stereocenters. The van der Waals surface area contributed by atoms with Crippen LogP contribution in [0.3, 0.4) is 0 Å². The van der Waals surface area contributed by atoms with Crippen molar-refractivity contribution in [2.24, 2.45) is 10.7 Å². The van der Waals surface area contributed by atoms with Gasteiger partial charge in [-0.15, -0.1) is 5.92 Å². The van der Waals surface area contributed by atoms with Crippen LogP contribution in [0.4, 0.5) is 0 Å². The van der Waals surface area contributed by atoms with Crippen LogP contribution in [0.1, 0.15) is 19.8 Å². The molecule has 0 amide bonds. The molecule has 0 aromatic rings. The zero-order valence-corrected chi connectivity index (χ0v) is 6.72. The van der Waals surface area contributed by atoms with Crippen LogP contribution in [-0.2, 0) is 0 Å². The van der Waals surface area contributed by atoms with E-state index >= 15 is 0 Å². The van der Waals surface area contributed by atoms with Gasteiger partial charge in [-0.05, 0) is 19.8 Å². The smallest absolute Gasteiger partial charge is 0.189 e. The van der Waals surface area contributed by atoms with Gasteiger partial charge in [0.25, 0.3) is 0 Å². The van der Waals surface area contributed by atoms with Crippen molar-refractivity contribution in [3.05, 3.63) is 0 Å². The summed E-state index contributed by atoms with van der Waals surface area (Å²) >= 11 is 0. The van der Waals surface area contributed by atoms with E-state index in [1.807, 2.05) is 0 Å². The van der Waals surface area contributed by atoms with Gasteiger partial charge in [-0.1, -0.05) is 5.92 Å². The second-order valence-corrected chi connectivity index (χ2v) is 2.55. The molecule has 0 saturated heterocycles. The highest BCUT2D eigenvalue weighted by Crippen LogP contribution is 2.17. The Morgan fingerprint density at radius 2 is 2.45 bits per heavy atom. The maximum Gasteiger partial charge on any atom is 0.189 e. The maximum absolute atomic E-state index is 5.53. The Hall–Kier alpha value is -1.17. The fourth-order valence-corrected chi connectivity index (χ4v) is 0.686. The standard InChI is InChI=1S/C8H13N3/c1-2-3-6-10-8(9)11-7-4-5-7/h7H,4-6H2,1H3,(H3,9,10,11). The molecule has 3 N–H and O–H groups in total. The van der Waals surface area contributed by atoms with E-state index in [0.29, 0.717) is 18.5 Å². The number of hydrogen-bond donors (Lipinski definition) is 2. The van der Waals surface area contributed by atoms with Crippen LogP contribution < -0.4 is 11.1 Å². The highest BCUT2D eigenvalue weighted by atomic mass is 15.1. The summed E-state index contributed by atoms with van der Waals surface area (Å²) in [7, 11) is 0. The van der Waals surface area contributed by atoms with Gasteiger partial charge in [0.1, 0.15) is 6.54 Å². The second kappa shape index (κ2) is 3.87. The third-order valence-corrected chi connectivity index (χ3v) is 1.43. The number of hydrogen-bond acceptors (Lipinski definition) is 1. The van der Waals surface area contributed by atoms with E-state index in [1.165, 1.54) is 12.8 Å². The molecular formula is C8H13N3. The van der Waals surface area contributed by atoms with Gasteiger partial charge in [-0.25, -0.2) is 4.99 Å². The molecule has 60 valence electrons. The van der Waals surface area contributed by atoms with Gasteiger partial charge in [-0.2, -0.15) is 0 Å². The van der Waals surface area contributed by atoms with Gasteiger partial charge in [0.05, 0.1) is 0 Å². The van der Waals surface area contributed by atoms with Crippen LogP contribution in [0.25, 0.3) is 0 Å². The summed E-state index contributed by atoms with van der Waals surface area (Å²) in [4.78, 5) is 4.00. The first-order valence-corrected chi connectivity index (χ1v) is 3.79. The third kappa shape index (κ3) is 3.51. The van der Waals surface area contributed by atoms with Crippen LogP contribution in [0.5, 0.6) is 0 Å². The summed E-state index contributed by atoms with van der Waals surface area (Å²) in [5.41, 5.74) is 5.53. The quantitative estimate of drug-likeness (QED) is 0.333. The predicted molar refractivity (Wildman–Crippen MR) is 46.1 cm³/mol. The van der Waals surface area contributed by atoms with Gasteiger partial charge >= 0.3 is 0 Å². The van der Waals surface area contributed by atoms with E-state index < -0.39 is 0 Å². The van der Waals surface area contributed by atoms with Crippen molar-refractivity contribution < 1.29 is 0 Å². The molecule has 0 unspecified atom stereocenters. The summed E-state index contributed by atoms with van der Waals surface area (Å²) < 4.78 is 0. The number of rotatable bonds is 2. The van der Waals surface area contributed by atoms with Gasteiger partial charge < -0.3 is 11.1 Å². The van der Waals surface area contributed by atoms with E-state index in [0.717, 1.165) is 0 Å². The molecule has 0 aromatic carbocycles. The van der Waals surface area contributed by atoms with Crippen molar-refractivity contribution in [3.63, 3.8) is 0 Å². The van der Waals surface area contributed by atoms with Crippen LogP contribution >= 0.6 is 0 Å². The SMILES string of the molecule is CC#CCN=C(N)NC1CC1. The number of guanidine groups is 1. The average Bonchev–Trinajstić information content (AvgIpc) is 2.72. The Morgan fingerprint density at radius 1 is 1.73 bits per heavy atom. The van der Waals surface area contributed by atoms with Crippen LogP contribution in [0.15, 0.2) is 4.99 Å². The highest BCUT2D eigenvalue weighted by Gasteiger charge is 2.20. The van der Waals surface area contributed by atoms with Crippen molar-refractivity contribution in [1.29, 1.82) is 0 Å². The normalized spacial score (nSPS) is 17.0. The van der Waals surface area contributed by atoms with Crippen molar-refractivity contribution in [3.8, 4) is 11.8 Å². The lowest BCUT2D eigenvalue weighted by atomic mass is 10.6. The zero-order chi connectivity index (χ0) is 8.10. The highest BCUT2D eigenvalue weighted by molar-refractivity contribution is 5.78. The van der Waals surface area contributed by atoms with Crippen molar-refractivity contribution in [2.45, 2.75) is 25.8 Å². The van der Waals surface area contributed by atoms with Crippen molar-refractivity contribution in [1.82, 2.24) is 5.32 Å². The molecule has 1 aliphatic carbocycles. The summed E-state index contributed by atoms with van der Waals surface area (Å²) in [6, 6.07) is 0.577. The van der Waals surface area contributed by atoms with E-state index in [1.54, 1.807) is 6.92 Å². The molecule has 0 aliphatic heterocycles. The molecular weight excluding hydrogens is 138 g/mol. The van der Waals surface area contributed by atoms with Gasteiger partial charge in [0.15, 0.2) is 5.96 Å². The van der Waals surface area contributed by atoms with E-state index in [-0.39, 0.29) is 0 Å². The fourth-order valence-electron chi connectivity index (χ4n) is 0.686. The Kier molecular flexibility index (Phi) is 2.79. The second-order valence-electron chi connectivity index (χ2n) is 2.55. The maximum atomic E-state index is 5.53. The fraction of sp³-hybridized carbons (Fsp3) is 0.625. The van der Waals surface area contributed by atoms with E-state index in [4.69, 9.17) is 5.73 Å². The van der Waals surface area contributed by atoms with Crippen LogP contribution in [0, 0.1) is 11.8 Å². The molecule has 0 spiro atoms. The topological polar surface area (TPSA) is 50.4 Å². The Labute approximate surface area is 67.1 Å². The molecule has 3 nitrogen and oxygen atoms in total. The molecule has 11 heavy (non-hydrogen) atoms. The Bertz CT molecular complexity index is 205. The summed E-state index contributed by atoms with van der Waals surface area (Å²) in [5, 5.41) is 3.07. The van der Waals surface area contributed by atoms with E-state index in [9.17, 15) is 0 Å². The number of nitrogens with two attached hydrogens (primary N) is 1. The van der Waals surface area contributed by atoms with Gasteiger partial charge in [0.2, 0.25) is 0 Å². The molecule has 0 bridgehead atoms. The van der Waals surface area contributed by atoms with Crippen LogP contribution in [-0.4, -0.2) is 18.5 Å². The van der Waals surface area contributed by atoms with E-state index in [2.05, 4.69) is 22.2 Å². The van der Waals surface area contributed by atoms with Crippen molar-refractivity contribution >= 4 is 5.96 Å². The molecule has 0 radical (unpaired) electrons. The molecule has 3 heteroatoms. The monoisotopic (exact) mass is 151 g/mol. The number of nitrogens with one attached hydrogen (secondary N) is 1. The summed E-state index contributed by atoms with van der Waals surface area (Å²) in [5.74, 6) is 6.09. The number of aliphatic imine (C=N–C) groups is 1. The minimum absolute atomic E-state index is 0.502. The minimum Gasteiger partial charge on any atom is -0.370 e. The van der Waals surface area contributed by atoms with Crippen LogP contribution in [0.2, 0.25) is 0 Å². The van der Waals surface area contributed by atoms with Gasteiger partial charge in [-0.3, -0.25) is 0 Å². The molecule has 1 fully saturated rings. The first-order valence-electron chi connectivity index (χ1n) is 3.79. The molecule has 1 saturated carbocycles. The molecule has 0 heterocycles. The lowest BCUT2D eigenvalue weighted by Crippen LogP contribution is -2.33. The molecule has 0 aromatic heterocycles. The summed E-state index contributed by atoms with van der Waals surface area (Å²) in [6.07, 6.45) is 2.44. The third-order valence-electron chi connectivity index (χ3n) is 1.43. The lowest BCUT2D eigenvalue weighted by Gasteiger charge is -1.99. The molecule has 1 rings (SSSR count). The summed E-state index contributed by atoms with van der Waals surface area (Å²) in [6.45, 7) is 2.29. The first-order chi connectivity index (χ1) is 5.33. The van der Waals surface area contributed by atoms with Gasteiger partial charge in [0, 0.05) is 6.04 Å². The minimum atomic E-state index is 0.502. The Balaban J connectivity index is 2.18. The average molecular weight is 151 g/mol. The number of nitrogens with zero attached hydrogens (tertiary/aromatic N) is 1. The van der Waals surface area contributed by atoms with Crippen molar-refractivity contribution in [2.75, 3.05) is 6.54 Å². The molecule has 1 aliphatic rings.